The van der Waals surface area contributed by atoms with Crippen molar-refractivity contribution in [3.63, 3.8) is 0 Å². The van der Waals surface area contributed by atoms with Crippen molar-refractivity contribution in [2.24, 2.45) is 0 Å². The van der Waals surface area contributed by atoms with Gasteiger partial charge in [0, 0.05) is 23.8 Å². The van der Waals surface area contributed by atoms with Crippen LogP contribution in [0.15, 0.2) is 54.7 Å². The number of carbonyl (C=O) groups is 1. The Morgan fingerprint density at radius 1 is 0.974 bits per heavy atom. The van der Waals surface area contributed by atoms with Gasteiger partial charge in [0.1, 0.15) is 0 Å². The predicted molar refractivity (Wildman–Crippen MR) is 138 cm³/mol. The van der Waals surface area contributed by atoms with Crippen molar-refractivity contribution in [1.29, 1.82) is 0 Å². The van der Waals surface area contributed by atoms with Crippen molar-refractivity contribution in [3.8, 4) is 34.3 Å². The molecule has 0 amide bonds. The molecule has 0 radical (unpaired) electrons. The van der Waals surface area contributed by atoms with E-state index < -0.39 is 0 Å². The first-order chi connectivity index (χ1) is 18.1. The number of halogens is 1. The van der Waals surface area contributed by atoms with Gasteiger partial charge in [-0.15, -0.1) is 0 Å². The van der Waals surface area contributed by atoms with E-state index in [4.69, 9.17) is 23.7 Å². The molecule has 3 heterocycles. The van der Waals surface area contributed by atoms with Crippen LogP contribution >= 0.6 is 0 Å². The van der Waals surface area contributed by atoms with Crippen LogP contribution in [0, 0.1) is 0 Å². The van der Waals surface area contributed by atoms with Gasteiger partial charge in [-0.05, 0) is 54.4 Å². The number of methoxy groups -OCH3 is 2. The van der Waals surface area contributed by atoms with Gasteiger partial charge in [-0.2, -0.15) is 4.57 Å². The first kappa shape index (κ1) is 25.9. The number of aromatic nitrogens is 1. The van der Waals surface area contributed by atoms with Crippen LogP contribution in [-0.4, -0.2) is 33.6 Å². The number of hydrogen-bond acceptors (Lipinski definition) is 6. The molecule has 2 aliphatic heterocycles. The van der Waals surface area contributed by atoms with Crippen molar-refractivity contribution in [2.75, 3.05) is 27.6 Å². The van der Waals surface area contributed by atoms with Crippen LogP contribution in [0.2, 0.25) is 0 Å². The molecule has 1 aromatic heterocycles. The Morgan fingerprint density at radius 3 is 2.45 bits per heavy atom. The lowest BCUT2D eigenvalue weighted by atomic mass is 9.88. The van der Waals surface area contributed by atoms with Crippen LogP contribution < -0.4 is 40.5 Å². The van der Waals surface area contributed by atoms with E-state index in [1.165, 1.54) is 11.1 Å². The van der Waals surface area contributed by atoms with Crippen LogP contribution in [0.5, 0.6) is 23.0 Å². The fourth-order valence-electron chi connectivity index (χ4n) is 5.37. The average Bonchev–Trinajstić information content (AvgIpc) is 3.38. The molecule has 0 fully saturated rings. The minimum atomic E-state index is -0.311. The molecule has 196 valence electrons. The fourth-order valence-corrected chi connectivity index (χ4v) is 5.37. The van der Waals surface area contributed by atoms with E-state index >= 15 is 0 Å². The Bertz CT molecular complexity index is 1530. The van der Waals surface area contributed by atoms with Gasteiger partial charge in [0.05, 0.1) is 37.3 Å². The molecule has 0 aliphatic carbocycles. The Labute approximate surface area is 231 Å². The largest absolute Gasteiger partial charge is 1.00 e. The lowest BCUT2D eigenvalue weighted by Gasteiger charge is -2.21. The highest BCUT2D eigenvalue weighted by Gasteiger charge is 2.32. The molecule has 6 rings (SSSR count). The highest BCUT2D eigenvalue weighted by molar-refractivity contribution is 5.95. The Balaban J connectivity index is 0.00000294. The zero-order valence-corrected chi connectivity index (χ0v) is 23.1. The van der Waals surface area contributed by atoms with E-state index in [2.05, 4.69) is 29.0 Å². The number of pyridine rings is 1. The molecular weight excluding hydrogens is 550 g/mol. The maximum atomic E-state index is 12.2. The normalized spacial score (nSPS) is 12.8. The van der Waals surface area contributed by atoms with Crippen LogP contribution in [0.4, 0.5) is 0 Å². The zero-order valence-electron chi connectivity index (χ0n) is 21.5. The van der Waals surface area contributed by atoms with Crippen molar-refractivity contribution < 1.29 is 50.0 Å². The van der Waals surface area contributed by atoms with E-state index in [-0.39, 0.29) is 29.7 Å². The minimum Gasteiger partial charge on any atom is -1.00 e. The maximum Gasteiger partial charge on any atom is 0.338 e. The highest BCUT2D eigenvalue weighted by Crippen LogP contribution is 2.44. The summed E-state index contributed by atoms with van der Waals surface area (Å²) in [6.07, 6.45) is 3.71. The molecule has 2 aliphatic rings. The van der Waals surface area contributed by atoms with E-state index in [9.17, 15) is 4.79 Å². The number of aryl methyl sites for hydroxylation is 2. The van der Waals surface area contributed by atoms with E-state index in [0.29, 0.717) is 30.1 Å². The van der Waals surface area contributed by atoms with Gasteiger partial charge < -0.3 is 40.7 Å². The van der Waals surface area contributed by atoms with Crippen LogP contribution in [-0.2, 0) is 24.1 Å². The molecule has 0 spiro atoms. The van der Waals surface area contributed by atoms with Gasteiger partial charge >= 0.3 is 5.97 Å². The molecule has 0 N–H and O–H groups in total. The molecule has 0 saturated carbocycles. The Kier molecular flexibility index (Phi) is 7.17. The summed E-state index contributed by atoms with van der Waals surface area (Å²) in [5.41, 5.74) is 6.33. The molecule has 3 aromatic carbocycles. The topological polar surface area (TPSA) is 67.1 Å². The summed E-state index contributed by atoms with van der Waals surface area (Å²) in [6.45, 7) is 3.23. The van der Waals surface area contributed by atoms with Crippen molar-refractivity contribution in [3.05, 3.63) is 77.0 Å². The molecular formula is C30H28BrNO6. The van der Waals surface area contributed by atoms with Crippen molar-refractivity contribution in [1.82, 2.24) is 0 Å². The summed E-state index contributed by atoms with van der Waals surface area (Å²) in [5.74, 6) is 2.67. The van der Waals surface area contributed by atoms with Crippen LogP contribution in [0.1, 0.15) is 34.0 Å². The number of carbonyl (C=O) groups excluding carboxylic acids is 1. The Morgan fingerprint density at radius 2 is 1.74 bits per heavy atom. The summed E-state index contributed by atoms with van der Waals surface area (Å²) in [5, 5.41) is 2.08. The van der Waals surface area contributed by atoms with Gasteiger partial charge in [0.15, 0.2) is 35.7 Å². The third kappa shape index (κ3) is 4.32. The average molecular weight is 578 g/mol. The maximum absolute atomic E-state index is 12.2. The molecule has 8 heteroatoms. The number of benzene rings is 3. The zero-order chi connectivity index (χ0) is 25.5. The molecule has 4 aromatic rings. The number of fused-ring (bicyclic) bond motifs is 5. The van der Waals surface area contributed by atoms with E-state index in [0.717, 1.165) is 52.1 Å². The smallest absolute Gasteiger partial charge is 0.338 e. The van der Waals surface area contributed by atoms with Gasteiger partial charge in [-0.25, -0.2) is 4.79 Å². The monoisotopic (exact) mass is 577 g/mol. The second-order valence-electron chi connectivity index (χ2n) is 9.12. The number of ether oxygens (including phenoxy) is 5. The van der Waals surface area contributed by atoms with Gasteiger partial charge in [0.25, 0.3) is 0 Å². The highest BCUT2D eigenvalue weighted by atomic mass is 79.9. The summed E-state index contributed by atoms with van der Waals surface area (Å²) in [7, 11) is 3.32. The SMILES string of the molecule is CCOC(=O)c1ccc(Cc2c3[n+](cc4c(OC)c(OC)ccc24)CCc2cc4c(cc2-3)OCO4)cc1.[Br-]. The minimum absolute atomic E-state index is 0. The van der Waals surface area contributed by atoms with Gasteiger partial charge in [-0.3, -0.25) is 0 Å². The van der Waals surface area contributed by atoms with E-state index in [1.54, 1.807) is 21.1 Å². The summed E-state index contributed by atoms with van der Waals surface area (Å²) in [4.78, 5) is 12.2. The lowest BCUT2D eigenvalue weighted by Crippen LogP contribution is -3.00. The third-order valence-corrected chi connectivity index (χ3v) is 7.09. The number of esters is 1. The predicted octanol–water partition coefficient (Wildman–Crippen LogP) is 1.87. The summed E-state index contributed by atoms with van der Waals surface area (Å²) >= 11 is 0. The third-order valence-electron chi connectivity index (χ3n) is 7.09. The first-order valence-corrected chi connectivity index (χ1v) is 12.4. The van der Waals surface area contributed by atoms with E-state index in [1.807, 2.05) is 30.3 Å². The molecule has 0 saturated heterocycles. The van der Waals surface area contributed by atoms with Gasteiger partial charge in [-0.1, -0.05) is 12.1 Å². The first-order valence-electron chi connectivity index (χ1n) is 12.4. The van der Waals surface area contributed by atoms with Crippen molar-refractivity contribution >= 4 is 16.7 Å². The number of hydrogen-bond donors (Lipinski definition) is 0. The second-order valence-corrected chi connectivity index (χ2v) is 9.12. The summed E-state index contributed by atoms with van der Waals surface area (Å²) < 4.78 is 30.3. The Hall–Kier alpha value is -3.78. The molecule has 7 nitrogen and oxygen atoms in total. The number of rotatable bonds is 6. The standard InChI is InChI=1S/C30H28NO6.BrH/c1-4-35-30(32)19-7-5-18(6-8-19)13-23-21-9-10-25(33-2)29(34-3)24(21)16-31-12-11-20-14-26-27(37-17-36-26)15-22(20)28(23)31;/h5-10,14-16H,4,11-13,17H2,1-3H3;1H/q+1;/p-1. The lowest BCUT2D eigenvalue weighted by molar-refractivity contribution is -0.686. The molecule has 38 heavy (non-hydrogen) atoms. The van der Waals surface area contributed by atoms with Gasteiger partial charge in [0.2, 0.25) is 12.5 Å². The molecule has 0 bridgehead atoms. The second kappa shape index (κ2) is 10.5. The quantitative estimate of drug-likeness (QED) is 0.257. The van der Waals surface area contributed by atoms with Crippen molar-refractivity contribution in [2.45, 2.75) is 26.3 Å². The van der Waals surface area contributed by atoms with Crippen LogP contribution in [0.3, 0.4) is 0 Å². The molecule has 0 atom stereocenters. The number of nitrogens with zero attached hydrogens (tertiary/aromatic N) is 1. The fraction of sp³-hybridized carbons (Fsp3) is 0.267. The summed E-state index contributed by atoms with van der Waals surface area (Å²) in [6, 6.07) is 15.9. The molecule has 0 unspecified atom stereocenters. The van der Waals surface area contributed by atoms with Crippen LogP contribution in [0.25, 0.3) is 22.0 Å².